The Labute approximate surface area is 270 Å². The first-order valence-electron chi connectivity index (χ1n) is 15.4. The predicted molar refractivity (Wildman–Crippen MR) is 172 cm³/mol. The molecule has 3 rings (SSSR count). The largest absolute Gasteiger partial charge is 0.454 e. The van der Waals surface area contributed by atoms with Crippen molar-refractivity contribution < 1.29 is 38.5 Å². The van der Waals surface area contributed by atoms with Crippen LogP contribution in [0.15, 0.2) is 86.0 Å². The zero-order chi connectivity index (χ0) is 33.3. The van der Waals surface area contributed by atoms with Crippen molar-refractivity contribution >= 4 is 23.9 Å². The van der Waals surface area contributed by atoms with Gasteiger partial charge in [-0.15, -0.1) is 13.2 Å². The van der Waals surface area contributed by atoms with E-state index in [9.17, 15) is 24.3 Å². The number of amides is 3. The highest BCUT2D eigenvalue weighted by atomic mass is 16.6. The molecule has 0 unspecified atom stereocenters. The molecule has 0 aromatic heterocycles. The van der Waals surface area contributed by atoms with Gasteiger partial charge >= 0.3 is 12.1 Å². The van der Waals surface area contributed by atoms with Gasteiger partial charge in [-0.05, 0) is 36.8 Å². The Morgan fingerprint density at radius 3 is 2.30 bits per heavy atom. The van der Waals surface area contributed by atoms with E-state index in [0.717, 1.165) is 12.0 Å². The number of rotatable bonds is 18. The molecule has 46 heavy (non-hydrogen) atoms. The van der Waals surface area contributed by atoms with Gasteiger partial charge in [-0.3, -0.25) is 9.59 Å². The number of nitrogens with one attached hydrogen (secondary N) is 2. The number of hydrogen-bond acceptors (Lipinski definition) is 8. The lowest BCUT2D eigenvalue weighted by molar-refractivity contribution is -0.155. The molecule has 1 aliphatic heterocycles. The quantitative estimate of drug-likeness (QED) is 0.166. The molecule has 0 aliphatic carbocycles. The summed E-state index contributed by atoms with van der Waals surface area (Å²) in [5.74, 6) is -2.16. The highest BCUT2D eigenvalue weighted by Gasteiger charge is 2.35. The number of aliphatic hydroxyl groups is 1. The summed E-state index contributed by atoms with van der Waals surface area (Å²) in [5.41, 5.74) is 1.37. The second-order valence-corrected chi connectivity index (χ2v) is 11.1. The van der Waals surface area contributed by atoms with Gasteiger partial charge in [0.2, 0.25) is 11.8 Å². The fourth-order valence-electron chi connectivity index (χ4n) is 5.37. The molecule has 0 bridgehead atoms. The third-order valence-electron chi connectivity index (χ3n) is 7.75. The second-order valence-electron chi connectivity index (χ2n) is 11.1. The molecule has 0 saturated carbocycles. The Hall–Kier alpha value is -4.48. The van der Waals surface area contributed by atoms with Gasteiger partial charge in [0.05, 0.1) is 31.2 Å². The van der Waals surface area contributed by atoms with Crippen LogP contribution in [0.1, 0.15) is 49.3 Å². The minimum absolute atomic E-state index is 0.0178. The van der Waals surface area contributed by atoms with Gasteiger partial charge in [0.25, 0.3) is 0 Å². The normalized spacial score (nSPS) is 16.7. The van der Waals surface area contributed by atoms with Crippen LogP contribution < -0.4 is 10.6 Å². The lowest BCUT2D eigenvalue weighted by atomic mass is 9.97. The van der Waals surface area contributed by atoms with Crippen molar-refractivity contribution in [3.63, 3.8) is 0 Å². The summed E-state index contributed by atoms with van der Waals surface area (Å²) in [7, 11) is 1.46. The number of carbonyl (C=O) groups is 4. The predicted octanol–water partition coefficient (Wildman–Crippen LogP) is 3.84. The Morgan fingerprint density at radius 2 is 1.67 bits per heavy atom. The number of alkyl carbamates (subject to hydrolysis) is 1. The molecule has 11 nitrogen and oxygen atoms in total. The van der Waals surface area contributed by atoms with Crippen molar-refractivity contribution in [3.05, 3.63) is 97.1 Å². The lowest BCUT2D eigenvalue weighted by Crippen LogP contribution is -2.49. The maximum absolute atomic E-state index is 13.7. The summed E-state index contributed by atoms with van der Waals surface area (Å²) in [4.78, 5) is 54.5. The first-order chi connectivity index (χ1) is 22.3. The van der Waals surface area contributed by atoms with Crippen molar-refractivity contribution in [2.75, 3.05) is 26.9 Å². The Balaban J connectivity index is 1.76. The van der Waals surface area contributed by atoms with Crippen LogP contribution in [0, 0.1) is 5.92 Å². The molecule has 11 heteroatoms. The minimum atomic E-state index is -1.11. The number of nitrogens with zero attached hydrogens (tertiary/aromatic N) is 1. The van der Waals surface area contributed by atoms with Crippen molar-refractivity contribution in [1.29, 1.82) is 0 Å². The number of aliphatic hydroxyl groups excluding tert-OH is 1. The summed E-state index contributed by atoms with van der Waals surface area (Å²) in [5, 5.41) is 15.2. The van der Waals surface area contributed by atoms with Crippen LogP contribution in [0.4, 0.5) is 4.79 Å². The number of esters is 1. The molecule has 0 radical (unpaired) electrons. The molecule has 1 fully saturated rings. The topological polar surface area (TPSA) is 144 Å². The van der Waals surface area contributed by atoms with Crippen LogP contribution >= 0.6 is 0 Å². The van der Waals surface area contributed by atoms with E-state index in [0.29, 0.717) is 18.5 Å². The van der Waals surface area contributed by atoms with Crippen LogP contribution in [0.3, 0.4) is 0 Å². The molecule has 1 aliphatic rings. The number of ether oxygens (including phenoxy) is 3. The third-order valence-corrected chi connectivity index (χ3v) is 7.75. The van der Waals surface area contributed by atoms with Crippen LogP contribution in [0.2, 0.25) is 0 Å². The van der Waals surface area contributed by atoms with Gasteiger partial charge in [0.1, 0.15) is 18.8 Å². The van der Waals surface area contributed by atoms with E-state index in [2.05, 4.69) is 23.8 Å². The maximum atomic E-state index is 13.7. The van der Waals surface area contributed by atoms with Crippen LogP contribution in [0.5, 0.6) is 0 Å². The average Bonchev–Trinajstić information content (AvgIpc) is 3.56. The Bertz CT molecular complexity index is 1290. The molecule has 2 aromatic carbocycles. The van der Waals surface area contributed by atoms with Gasteiger partial charge in [-0.25, -0.2) is 9.59 Å². The van der Waals surface area contributed by atoms with E-state index < -0.39 is 42.1 Å². The number of hydrogen-bond donors (Lipinski definition) is 3. The van der Waals surface area contributed by atoms with Gasteiger partial charge in [0.15, 0.2) is 0 Å². The number of allylic oxidation sites excluding steroid dienone is 1. The molecule has 3 amide bonds. The average molecular weight is 636 g/mol. The van der Waals surface area contributed by atoms with Crippen LogP contribution in [-0.4, -0.2) is 78.9 Å². The second kappa shape index (κ2) is 19.1. The smallest absolute Gasteiger partial charge is 0.408 e. The van der Waals surface area contributed by atoms with Gasteiger partial charge in [-0.2, -0.15) is 0 Å². The molecule has 1 heterocycles. The summed E-state index contributed by atoms with van der Waals surface area (Å²) in [6, 6.07) is 15.8. The van der Waals surface area contributed by atoms with E-state index in [4.69, 9.17) is 14.2 Å². The van der Waals surface area contributed by atoms with Gasteiger partial charge < -0.3 is 34.9 Å². The molecule has 5 atom stereocenters. The summed E-state index contributed by atoms with van der Waals surface area (Å²) in [6.45, 7) is 7.85. The fraction of sp³-hybridized carbons (Fsp3) is 0.429. The third kappa shape index (κ3) is 10.8. The molecule has 248 valence electrons. The van der Waals surface area contributed by atoms with Crippen molar-refractivity contribution in [3.8, 4) is 0 Å². The lowest BCUT2D eigenvalue weighted by Gasteiger charge is -2.31. The van der Waals surface area contributed by atoms with E-state index in [-0.39, 0.29) is 51.0 Å². The Kier molecular flexibility index (Phi) is 15.0. The van der Waals surface area contributed by atoms with Crippen molar-refractivity contribution in [1.82, 2.24) is 15.5 Å². The monoisotopic (exact) mass is 635 g/mol. The number of benzene rings is 2. The van der Waals surface area contributed by atoms with Gasteiger partial charge in [-0.1, -0.05) is 72.8 Å². The molecule has 2 aromatic rings. The number of likely N-dealkylation sites (tertiary alicyclic amines) is 1. The standard InChI is InChI=1S/C35H45N3O8/c1-4-13-27(21-31(40)38-20-12-19-28(38)22-39)33(41)36-30(24-44-3)32(26-17-10-7-11-18-26)46-34(42)29(14-5-2)37-35(43)45-23-25-15-8-6-9-16-25/h4-11,15-18,27-30,32,39H,1-2,12-14,19-24H2,3H3,(H,36,41)(H,37,43)/t27-,28-,29+,30-,32-/m0/s1. The highest BCUT2D eigenvalue weighted by Crippen LogP contribution is 2.25. The number of methoxy groups -OCH3 is 1. The highest BCUT2D eigenvalue weighted by molar-refractivity contribution is 5.86. The number of carbonyl (C=O) groups excluding carboxylic acids is 4. The van der Waals surface area contributed by atoms with Crippen LogP contribution in [0.25, 0.3) is 0 Å². The van der Waals surface area contributed by atoms with Gasteiger partial charge in [0, 0.05) is 20.1 Å². The molecular formula is C35H45N3O8. The molecular weight excluding hydrogens is 590 g/mol. The SMILES string of the molecule is C=CC[C@@H](CC(=O)N1CCC[C@H]1CO)C(=O)N[C@@H](COC)[C@@H](OC(=O)[C@@H](CC=C)NC(=O)OCc1ccccc1)c1ccccc1. The maximum Gasteiger partial charge on any atom is 0.408 e. The molecule has 3 N–H and O–H groups in total. The van der Waals surface area contributed by atoms with Crippen molar-refractivity contribution in [2.45, 2.75) is 62.9 Å². The van der Waals surface area contributed by atoms with Crippen LogP contribution in [-0.2, 0) is 35.2 Å². The Morgan fingerprint density at radius 1 is 1.00 bits per heavy atom. The first kappa shape index (κ1) is 36.0. The summed E-state index contributed by atoms with van der Waals surface area (Å²) >= 11 is 0. The summed E-state index contributed by atoms with van der Waals surface area (Å²) in [6.07, 6.45) is 2.99. The summed E-state index contributed by atoms with van der Waals surface area (Å²) < 4.78 is 16.7. The van der Waals surface area contributed by atoms with Crippen molar-refractivity contribution in [2.24, 2.45) is 5.92 Å². The zero-order valence-corrected chi connectivity index (χ0v) is 26.3. The first-order valence-corrected chi connectivity index (χ1v) is 15.4. The van der Waals surface area contributed by atoms with E-state index in [1.165, 1.54) is 13.2 Å². The fourth-order valence-corrected chi connectivity index (χ4v) is 5.37. The molecule has 1 saturated heterocycles. The minimum Gasteiger partial charge on any atom is -0.454 e. The van der Waals surface area contributed by atoms with E-state index in [1.54, 1.807) is 41.3 Å². The zero-order valence-electron chi connectivity index (χ0n) is 26.3. The van der Waals surface area contributed by atoms with E-state index >= 15 is 0 Å². The molecule has 0 spiro atoms. The van der Waals surface area contributed by atoms with E-state index in [1.807, 2.05) is 30.3 Å².